The first-order valence-electron chi connectivity index (χ1n) is 15.4. The second-order valence-electron chi connectivity index (χ2n) is 13.1. The van der Waals surface area contributed by atoms with Crippen LogP contribution in [0.2, 0.25) is 0 Å². The van der Waals surface area contributed by atoms with Gasteiger partial charge in [-0.05, 0) is 104 Å². The number of fused-ring (bicyclic) bond motifs is 5. The highest BCUT2D eigenvalue weighted by atomic mass is 16.3. The van der Waals surface area contributed by atoms with E-state index in [1.165, 1.54) is 34.8 Å². The van der Waals surface area contributed by atoms with Crippen molar-refractivity contribution in [3.8, 4) is 11.5 Å². The van der Waals surface area contributed by atoms with Crippen LogP contribution < -0.4 is 0 Å². The summed E-state index contributed by atoms with van der Waals surface area (Å²) in [6, 6.07) is 11.4. The molecule has 0 amide bonds. The Hall–Kier alpha value is -1.96. The molecule has 2 aromatic carbocycles. The normalized spacial score (nSPS) is 22.8. The van der Waals surface area contributed by atoms with Gasteiger partial charge in [-0.25, -0.2) is 0 Å². The summed E-state index contributed by atoms with van der Waals surface area (Å²) in [5.74, 6) is 5.59. The first-order valence-corrected chi connectivity index (χ1v) is 15.4. The number of phenols is 2. The Morgan fingerprint density at radius 2 is 0.921 bits per heavy atom. The molecule has 0 heterocycles. The molecule has 4 unspecified atom stereocenters. The standard InChI is InChI=1S/2C11H16O.C10H16.2C2H6/c2*1-8-5-6-10(12)9(7-8)11(2,3)4;1-2-9-7-4-5-8(6-7)10(9)3-1;2*1-2/h2*5-7,12H,1-4H3;7-10H,1-6H2;2*1-2H3. The first-order chi connectivity index (χ1) is 17.8. The first kappa shape index (κ1) is 34.1. The minimum absolute atomic E-state index is 0.0239. The fourth-order valence-electron chi connectivity index (χ4n) is 6.52. The molecule has 3 fully saturated rings. The third-order valence-electron chi connectivity index (χ3n) is 8.27. The Balaban J connectivity index is 0.000000267. The van der Waals surface area contributed by atoms with Crippen molar-refractivity contribution in [3.05, 3.63) is 58.7 Å². The zero-order chi connectivity index (χ0) is 29.3. The predicted molar refractivity (Wildman–Crippen MR) is 167 cm³/mol. The summed E-state index contributed by atoms with van der Waals surface area (Å²) in [4.78, 5) is 0. The molecule has 5 rings (SSSR count). The lowest BCUT2D eigenvalue weighted by Crippen LogP contribution is -2.15. The van der Waals surface area contributed by atoms with E-state index in [1.54, 1.807) is 50.7 Å². The number of hydrogen-bond donors (Lipinski definition) is 2. The van der Waals surface area contributed by atoms with Crippen LogP contribution >= 0.6 is 0 Å². The van der Waals surface area contributed by atoms with Gasteiger partial charge in [0, 0.05) is 0 Å². The van der Waals surface area contributed by atoms with Crippen molar-refractivity contribution in [2.45, 2.75) is 132 Å². The van der Waals surface area contributed by atoms with Gasteiger partial charge in [0.15, 0.2) is 0 Å². The van der Waals surface area contributed by atoms with E-state index in [4.69, 9.17) is 0 Å². The van der Waals surface area contributed by atoms with E-state index in [9.17, 15) is 10.2 Å². The highest BCUT2D eigenvalue weighted by molar-refractivity contribution is 5.40. The largest absolute Gasteiger partial charge is 0.508 e. The van der Waals surface area contributed by atoms with E-state index in [0.29, 0.717) is 11.5 Å². The molecule has 38 heavy (non-hydrogen) atoms. The van der Waals surface area contributed by atoms with Crippen LogP contribution in [0.15, 0.2) is 36.4 Å². The summed E-state index contributed by atoms with van der Waals surface area (Å²) in [7, 11) is 0. The van der Waals surface area contributed by atoms with Gasteiger partial charge in [-0.1, -0.05) is 111 Å². The Labute approximate surface area is 236 Å². The lowest BCUT2D eigenvalue weighted by molar-refractivity contribution is 0.259. The highest BCUT2D eigenvalue weighted by Gasteiger charge is 2.48. The summed E-state index contributed by atoms with van der Waals surface area (Å²) < 4.78 is 0. The third kappa shape index (κ3) is 9.35. The summed E-state index contributed by atoms with van der Waals surface area (Å²) >= 11 is 0. The quantitative estimate of drug-likeness (QED) is 0.360. The lowest BCUT2D eigenvalue weighted by Gasteiger charge is -2.23. The number of phenolic OH excluding ortho intramolecular Hbond substituents is 2. The number of hydrogen-bond acceptors (Lipinski definition) is 2. The van der Waals surface area contributed by atoms with Gasteiger partial charge in [-0.15, -0.1) is 0 Å². The van der Waals surface area contributed by atoms with E-state index >= 15 is 0 Å². The Kier molecular flexibility index (Phi) is 13.4. The van der Waals surface area contributed by atoms with Crippen LogP contribution in [-0.4, -0.2) is 10.2 Å². The number of benzene rings is 2. The van der Waals surface area contributed by atoms with E-state index in [1.807, 2.05) is 65.8 Å². The second-order valence-corrected chi connectivity index (χ2v) is 13.1. The molecule has 3 saturated carbocycles. The molecule has 0 spiro atoms. The molecule has 2 bridgehead atoms. The van der Waals surface area contributed by atoms with Crippen LogP contribution in [0.4, 0.5) is 0 Å². The topological polar surface area (TPSA) is 40.5 Å². The van der Waals surface area contributed by atoms with Crippen molar-refractivity contribution >= 4 is 0 Å². The van der Waals surface area contributed by atoms with E-state index in [-0.39, 0.29) is 10.8 Å². The fraction of sp³-hybridized carbons (Fsp3) is 0.667. The average Bonchev–Trinajstić information content (AvgIpc) is 3.60. The fourth-order valence-corrected chi connectivity index (χ4v) is 6.52. The molecule has 3 aliphatic rings. The van der Waals surface area contributed by atoms with Gasteiger partial charge < -0.3 is 10.2 Å². The van der Waals surface area contributed by atoms with Crippen molar-refractivity contribution in [3.63, 3.8) is 0 Å². The minimum atomic E-state index is 0.0239. The molecule has 0 aliphatic heterocycles. The molecule has 0 radical (unpaired) electrons. The van der Waals surface area contributed by atoms with Crippen molar-refractivity contribution in [2.24, 2.45) is 23.7 Å². The maximum atomic E-state index is 9.57. The van der Waals surface area contributed by atoms with Crippen LogP contribution in [0, 0.1) is 37.5 Å². The molecule has 2 heteroatoms. The van der Waals surface area contributed by atoms with Crippen molar-refractivity contribution in [1.82, 2.24) is 0 Å². The smallest absolute Gasteiger partial charge is 0.119 e. The van der Waals surface area contributed by atoms with Gasteiger partial charge in [0.25, 0.3) is 0 Å². The van der Waals surface area contributed by atoms with Gasteiger partial charge in [-0.2, -0.15) is 0 Å². The molecule has 3 aliphatic carbocycles. The maximum absolute atomic E-state index is 9.57. The van der Waals surface area contributed by atoms with Gasteiger partial charge >= 0.3 is 0 Å². The Morgan fingerprint density at radius 1 is 0.579 bits per heavy atom. The van der Waals surface area contributed by atoms with Gasteiger partial charge in [0.05, 0.1) is 0 Å². The highest BCUT2D eigenvalue weighted by Crippen LogP contribution is 2.58. The van der Waals surface area contributed by atoms with Crippen LogP contribution in [-0.2, 0) is 10.8 Å². The minimum Gasteiger partial charge on any atom is -0.508 e. The second kappa shape index (κ2) is 15.0. The van der Waals surface area contributed by atoms with Crippen LogP contribution in [0.3, 0.4) is 0 Å². The van der Waals surface area contributed by atoms with Gasteiger partial charge in [0.1, 0.15) is 11.5 Å². The molecule has 0 aromatic heterocycles. The molecule has 4 atom stereocenters. The summed E-state index contributed by atoms with van der Waals surface area (Å²) in [6.07, 6.45) is 9.53. The number of aryl methyl sites for hydroxylation is 2. The molecular formula is C36H60O2. The molecule has 0 saturated heterocycles. The zero-order valence-corrected chi connectivity index (χ0v) is 26.9. The van der Waals surface area contributed by atoms with Crippen molar-refractivity contribution < 1.29 is 10.2 Å². The molecule has 2 N–H and O–H groups in total. The van der Waals surface area contributed by atoms with Crippen molar-refractivity contribution in [2.75, 3.05) is 0 Å². The van der Waals surface area contributed by atoms with Gasteiger partial charge in [-0.3, -0.25) is 0 Å². The van der Waals surface area contributed by atoms with E-state index in [2.05, 4.69) is 41.5 Å². The Bertz CT molecular complexity index is 883. The predicted octanol–water partition coefficient (Wildman–Crippen LogP) is 10.9. The average molecular weight is 525 g/mol. The van der Waals surface area contributed by atoms with E-state index in [0.717, 1.165) is 11.1 Å². The van der Waals surface area contributed by atoms with Crippen LogP contribution in [0.5, 0.6) is 11.5 Å². The molecular weight excluding hydrogens is 464 g/mol. The summed E-state index contributed by atoms with van der Waals surface area (Å²) in [5.41, 5.74) is 4.46. The SMILES string of the molecule is C1CC2C3CCC(C3)C2C1.CC.CC.Cc1ccc(O)c(C(C)(C)C)c1.Cc1ccc(O)c(C(C)(C)C)c1. The number of rotatable bonds is 0. The molecule has 216 valence electrons. The lowest BCUT2D eigenvalue weighted by atomic mass is 9.82. The zero-order valence-electron chi connectivity index (χ0n) is 26.9. The molecule has 2 aromatic rings. The Morgan fingerprint density at radius 3 is 1.21 bits per heavy atom. The van der Waals surface area contributed by atoms with Crippen LogP contribution in [0.25, 0.3) is 0 Å². The summed E-state index contributed by atoms with van der Waals surface area (Å²) in [6.45, 7) is 24.7. The van der Waals surface area contributed by atoms with Crippen LogP contribution in [0.1, 0.15) is 130 Å². The number of aromatic hydroxyl groups is 2. The van der Waals surface area contributed by atoms with E-state index < -0.39 is 0 Å². The summed E-state index contributed by atoms with van der Waals surface area (Å²) in [5, 5.41) is 19.1. The van der Waals surface area contributed by atoms with Gasteiger partial charge in [0.2, 0.25) is 0 Å². The third-order valence-corrected chi connectivity index (χ3v) is 8.27. The maximum Gasteiger partial charge on any atom is 0.119 e. The monoisotopic (exact) mass is 524 g/mol. The molecule has 2 nitrogen and oxygen atoms in total. The van der Waals surface area contributed by atoms with Crippen molar-refractivity contribution in [1.29, 1.82) is 0 Å².